The maximum absolute atomic E-state index is 12.3. The third-order valence-corrected chi connectivity index (χ3v) is 4.58. The quantitative estimate of drug-likeness (QED) is 0.113. The lowest BCUT2D eigenvalue weighted by Gasteiger charge is -2.21. The number of hydrogen-bond donors (Lipinski definition) is 0. The molecule has 0 N–H and O–H groups in total. The molecule has 0 bridgehead atoms. The molecule has 0 spiro atoms. The fraction of sp³-hybridized carbons (Fsp3) is 0.652. The normalized spacial score (nSPS) is 10.7. The van der Waals surface area contributed by atoms with Gasteiger partial charge in [-0.05, 0) is 6.42 Å². The lowest BCUT2D eigenvalue weighted by molar-refractivity contribution is -0.152. The minimum absolute atomic E-state index is 0.147. The van der Waals surface area contributed by atoms with E-state index in [-0.39, 0.29) is 39.5 Å². The number of ketones is 2. The van der Waals surface area contributed by atoms with Gasteiger partial charge in [0.25, 0.3) is 23.4 Å². The van der Waals surface area contributed by atoms with Gasteiger partial charge in [0.05, 0.1) is 19.8 Å². The predicted octanol–water partition coefficient (Wildman–Crippen LogP) is -0.836. The van der Waals surface area contributed by atoms with E-state index in [1.807, 2.05) is 6.92 Å². The first-order chi connectivity index (χ1) is 17.2. The molecule has 0 saturated carbocycles. The topological polar surface area (TPSA) is 155 Å². The van der Waals surface area contributed by atoms with Crippen LogP contribution < -0.4 is 0 Å². The number of unbranched alkanes of at least 4 members (excludes halogenated alkanes) is 1. The molecule has 36 heavy (non-hydrogen) atoms. The number of nitrogens with zero attached hydrogens (tertiary/aromatic N) is 2. The van der Waals surface area contributed by atoms with Crippen LogP contribution in [-0.4, -0.2) is 126 Å². The summed E-state index contributed by atoms with van der Waals surface area (Å²) in [4.78, 5) is 74.6. The van der Waals surface area contributed by atoms with Gasteiger partial charge in [-0.2, -0.15) is 0 Å². The highest BCUT2D eigenvalue weighted by Crippen LogP contribution is 1.99. The predicted molar refractivity (Wildman–Crippen MR) is 125 cm³/mol. The Hall–Kier alpha value is -3.16. The minimum Gasteiger partial charge on any atom is -0.454 e. The first-order valence-corrected chi connectivity index (χ1v) is 11.3. The largest absolute Gasteiger partial charge is 0.454 e. The fourth-order valence-corrected chi connectivity index (χ4v) is 2.57. The highest BCUT2D eigenvalue weighted by atomic mass is 16.5. The molecule has 0 saturated heterocycles. The maximum atomic E-state index is 12.3. The second kappa shape index (κ2) is 20.1. The van der Waals surface area contributed by atoms with Crippen molar-refractivity contribution in [3.8, 4) is 0 Å². The van der Waals surface area contributed by atoms with Crippen LogP contribution >= 0.6 is 0 Å². The highest BCUT2D eigenvalue weighted by molar-refractivity contribution is 6.37. The number of Topliss-reactive ketones (excluding diaryl/α,β-unsaturated/α-hetero) is 2. The van der Waals surface area contributed by atoms with Gasteiger partial charge in [-0.15, -0.1) is 0 Å². The Balaban J connectivity index is 4.61. The summed E-state index contributed by atoms with van der Waals surface area (Å²) in [6.07, 6.45) is 2.86. The van der Waals surface area contributed by atoms with E-state index in [2.05, 4.69) is 4.74 Å². The van der Waals surface area contributed by atoms with Crippen LogP contribution in [0.3, 0.4) is 0 Å². The Morgan fingerprint density at radius 3 is 1.31 bits per heavy atom. The smallest absolute Gasteiger partial charge is 0.331 e. The van der Waals surface area contributed by atoms with E-state index in [4.69, 9.17) is 18.9 Å². The molecule has 204 valence electrons. The summed E-state index contributed by atoms with van der Waals surface area (Å²) < 4.78 is 24.1. The van der Waals surface area contributed by atoms with Gasteiger partial charge in [0.15, 0.2) is 13.2 Å². The van der Waals surface area contributed by atoms with E-state index in [1.54, 1.807) is 0 Å². The van der Waals surface area contributed by atoms with Crippen LogP contribution in [0.5, 0.6) is 0 Å². The zero-order chi connectivity index (χ0) is 27.3. The summed E-state index contributed by atoms with van der Waals surface area (Å²) in [6, 6.07) is 0. The number of esters is 2. The molecule has 0 aromatic rings. The van der Waals surface area contributed by atoms with Gasteiger partial charge < -0.3 is 33.5 Å². The summed E-state index contributed by atoms with van der Waals surface area (Å²) >= 11 is 0. The molecular formula is C23H36N2O11. The van der Waals surface area contributed by atoms with Crippen LogP contribution in [0.4, 0.5) is 0 Å². The zero-order valence-corrected chi connectivity index (χ0v) is 21.3. The number of carbonyl (C=O) groups excluding carboxylic acids is 6. The van der Waals surface area contributed by atoms with Crippen LogP contribution in [0.25, 0.3) is 0 Å². The van der Waals surface area contributed by atoms with Gasteiger partial charge in [0.2, 0.25) is 0 Å². The van der Waals surface area contributed by atoms with Crippen LogP contribution in [0.1, 0.15) is 19.8 Å². The highest BCUT2D eigenvalue weighted by Gasteiger charge is 2.23. The van der Waals surface area contributed by atoms with Gasteiger partial charge in [0.1, 0.15) is 0 Å². The Kier molecular flexibility index (Phi) is 18.3. The summed E-state index contributed by atoms with van der Waals surface area (Å²) in [5.74, 6) is -5.73. The average molecular weight is 517 g/mol. The van der Waals surface area contributed by atoms with E-state index in [9.17, 15) is 28.8 Å². The molecule has 0 unspecified atom stereocenters. The molecule has 0 aliphatic heterocycles. The molecule has 0 heterocycles. The molecular weight excluding hydrogens is 480 g/mol. The van der Waals surface area contributed by atoms with Gasteiger partial charge in [-0.25, -0.2) is 9.59 Å². The van der Waals surface area contributed by atoms with Gasteiger partial charge >= 0.3 is 11.9 Å². The van der Waals surface area contributed by atoms with Crippen molar-refractivity contribution in [2.24, 2.45) is 0 Å². The number of rotatable bonds is 20. The number of amides is 2. The monoisotopic (exact) mass is 516 g/mol. The third kappa shape index (κ3) is 14.3. The van der Waals surface area contributed by atoms with Gasteiger partial charge in [-0.1, -0.05) is 13.3 Å². The summed E-state index contributed by atoms with van der Waals surface area (Å²) in [6.45, 7) is 1.82. The minimum atomic E-state index is -1.08. The summed E-state index contributed by atoms with van der Waals surface area (Å²) in [5.41, 5.74) is 0. The molecule has 0 aliphatic carbocycles. The molecule has 13 nitrogen and oxygen atoms in total. The van der Waals surface area contributed by atoms with E-state index in [1.165, 1.54) is 31.1 Å². The molecule has 0 atom stereocenters. The van der Waals surface area contributed by atoms with E-state index >= 15 is 0 Å². The Bertz CT molecular complexity index is 689. The van der Waals surface area contributed by atoms with Crippen molar-refractivity contribution in [1.82, 2.24) is 9.80 Å². The first kappa shape index (κ1) is 32.8. The molecule has 2 amide bonds. The standard InChI is InChI=1S/C23H36N2O11/c1-5-6-9-24(10-13-32-2)22(30)18(26)16-35-20(28)7-8-21(29)36-17-19(27)23(31)25(11-14-33-3)12-15-34-4/h7-8H,5-6,9-17H2,1-4H3/b8-7+. The zero-order valence-electron chi connectivity index (χ0n) is 21.3. The molecule has 0 aliphatic rings. The van der Waals surface area contributed by atoms with Crippen molar-refractivity contribution in [2.45, 2.75) is 19.8 Å². The van der Waals surface area contributed by atoms with Crippen molar-refractivity contribution in [1.29, 1.82) is 0 Å². The Morgan fingerprint density at radius 1 is 0.611 bits per heavy atom. The fourth-order valence-electron chi connectivity index (χ4n) is 2.57. The number of hydrogen-bond acceptors (Lipinski definition) is 11. The summed E-state index contributed by atoms with van der Waals surface area (Å²) in [5, 5.41) is 0. The van der Waals surface area contributed by atoms with Crippen molar-refractivity contribution in [3.63, 3.8) is 0 Å². The molecule has 13 heteroatoms. The van der Waals surface area contributed by atoms with Crippen molar-refractivity contribution in [2.75, 3.05) is 80.5 Å². The second-order valence-electron chi connectivity index (χ2n) is 7.31. The molecule has 0 rings (SSSR count). The van der Waals surface area contributed by atoms with Crippen LogP contribution in [-0.2, 0) is 52.5 Å². The second-order valence-corrected chi connectivity index (χ2v) is 7.31. The lowest BCUT2D eigenvalue weighted by atomic mass is 10.2. The maximum Gasteiger partial charge on any atom is 0.331 e. The summed E-state index contributed by atoms with van der Waals surface area (Å²) in [7, 11) is 4.36. The SMILES string of the molecule is CCCCN(CCOC)C(=O)C(=O)COC(=O)/C=C/C(=O)OCC(=O)C(=O)N(CCOC)CCOC. The van der Waals surface area contributed by atoms with Crippen LogP contribution in [0.15, 0.2) is 12.2 Å². The molecule has 0 radical (unpaired) electrons. The van der Waals surface area contributed by atoms with Crippen molar-refractivity contribution in [3.05, 3.63) is 12.2 Å². The third-order valence-electron chi connectivity index (χ3n) is 4.58. The number of carbonyl (C=O) groups is 6. The Labute approximate surface area is 210 Å². The van der Waals surface area contributed by atoms with Gasteiger partial charge in [0, 0.05) is 59.7 Å². The molecule has 0 aromatic heterocycles. The van der Waals surface area contributed by atoms with E-state index < -0.39 is 48.5 Å². The van der Waals surface area contributed by atoms with Crippen molar-refractivity contribution < 1.29 is 52.5 Å². The Morgan fingerprint density at radius 2 is 0.972 bits per heavy atom. The first-order valence-electron chi connectivity index (χ1n) is 11.3. The molecule has 0 aromatic carbocycles. The average Bonchev–Trinajstić information content (AvgIpc) is 2.88. The van der Waals surface area contributed by atoms with E-state index in [0.29, 0.717) is 25.1 Å². The van der Waals surface area contributed by atoms with Crippen LogP contribution in [0.2, 0.25) is 0 Å². The van der Waals surface area contributed by atoms with Gasteiger partial charge in [-0.3, -0.25) is 19.2 Å². The molecule has 0 fully saturated rings. The number of methoxy groups -OCH3 is 3. The van der Waals surface area contributed by atoms with E-state index in [0.717, 1.165) is 6.42 Å². The number of ether oxygens (including phenoxy) is 5. The van der Waals surface area contributed by atoms with Crippen LogP contribution in [0, 0.1) is 0 Å². The lowest BCUT2D eigenvalue weighted by Crippen LogP contribution is -2.42. The van der Waals surface area contributed by atoms with Crippen molar-refractivity contribution >= 4 is 35.3 Å².